The standard InChI is InChI=1S/C23H28N2O6/c1-16(2)13-25(14-19(26)21(27)28)23(30)24-20(18-11-7-4-8-12-18)22(29)31-15-17-9-5-3-6-10-17/h3-12,16,19-20,26H,13-15H2,1-2H3,(H,24,30)(H,27,28)/t19?,20-/m0/s1. The number of carbonyl (C=O) groups excluding carboxylic acids is 2. The summed E-state index contributed by atoms with van der Waals surface area (Å²) in [6, 6.07) is 16.0. The van der Waals surface area contributed by atoms with E-state index < -0.39 is 36.7 Å². The molecule has 2 aromatic carbocycles. The van der Waals surface area contributed by atoms with Crippen molar-refractivity contribution in [2.75, 3.05) is 13.1 Å². The number of amides is 2. The molecule has 3 N–H and O–H groups in total. The van der Waals surface area contributed by atoms with Crippen LogP contribution < -0.4 is 5.32 Å². The summed E-state index contributed by atoms with van der Waals surface area (Å²) in [6.45, 7) is 3.56. The van der Waals surface area contributed by atoms with Crippen LogP contribution in [0.5, 0.6) is 0 Å². The van der Waals surface area contributed by atoms with Gasteiger partial charge in [0, 0.05) is 6.54 Å². The van der Waals surface area contributed by atoms with Gasteiger partial charge in [0.05, 0.1) is 6.54 Å². The Morgan fingerprint density at radius 3 is 2.10 bits per heavy atom. The number of aliphatic hydroxyl groups excluding tert-OH is 1. The van der Waals surface area contributed by atoms with E-state index in [0.717, 1.165) is 5.56 Å². The first-order chi connectivity index (χ1) is 14.8. The molecule has 0 heterocycles. The molecular weight excluding hydrogens is 400 g/mol. The summed E-state index contributed by atoms with van der Waals surface area (Å²) in [7, 11) is 0. The predicted octanol–water partition coefficient (Wildman–Crippen LogP) is 2.58. The van der Waals surface area contributed by atoms with Crippen LogP contribution in [0, 0.1) is 5.92 Å². The highest BCUT2D eigenvalue weighted by molar-refractivity contribution is 5.85. The Kier molecular flexibility index (Phi) is 9.02. The summed E-state index contributed by atoms with van der Waals surface area (Å²) in [4.78, 5) is 37.9. The van der Waals surface area contributed by atoms with Gasteiger partial charge in [0.15, 0.2) is 12.1 Å². The molecule has 0 aliphatic heterocycles. The topological polar surface area (TPSA) is 116 Å². The van der Waals surface area contributed by atoms with Gasteiger partial charge in [0.1, 0.15) is 6.61 Å². The van der Waals surface area contributed by atoms with Crippen molar-refractivity contribution in [1.29, 1.82) is 0 Å². The van der Waals surface area contributed by atoms with Gasteiger partial charge in [-0.25, -0.2) is 14.4 Å². The highest BCUT2D eigenvalue weighted by Crippen LogP contribution is 2.17. The summed E-state index contributed by atoms with van der Waals surface area (Å²) in [5.41, 5.74) is 1.33. The molecule has 0 aromatic heterocycles. The lowest BCUT2D eigenvalue weighted by Gasteiger charge is -2.28. The fourth-order valence-electron chi connectivity index (χ4n) is 2.92. The second-order valence-electron chi connectivity index (χ2n) is 7.54. The van der Waals surface area contributed by atoms with Crippen LogP contribution in [0.4, 0.5) is 4.79 Å². The lowest BCUT2D eigenvalue weighted by atomic mass is 10.1. The number of esters is 1. The van der Waals surface area contributed by atoms with E-state index >= 15 is 0 Å². The Labute approximate surface area is 181 Å². The first-order valence-corrected chi connectivity index (χ1v) is 9.99. The molecule has 2 amide bonds. The summed E-state index contributed by atoms with van der Waals surface area (Å²) in [5, 5.41) is 21.3. The minimum absolute atomic E-state index is 0.0203. The maximum Gasteiger partial charge on any atom is 0.334 e. The van der Waals surface area contributed by atoms with Crippen LogP contribution >= 0.6 is 0 Å². The van der Waals surface area contributed by atoms with E-state index in [0.29, 0.717) is 5.56 Å². The van der Waals surface area contributed by atoms with Crippen LogP contribution in [0.3, 0.4) is 0 Å². The molecule has 8 heteroatoms. The third-order valence-corrected chi connectivity index (χ3v) is 4.41. The number of carboxylic acids is 1. The van der Waals surface area contributed by atoms with Crippen LogP contribution in [-0.4, -0.2) is 52.3 Å². The van der Waals surface area contributed by atoms with E-state index in [1.165, 1.54) is 4.90 Å². The van der Waals surface area contributed by atoms with Crippen LogP contribution in [0.25, 0.3) is 0 Å². The quantitative estimate of drug-likeness (QED) is 0.501. The second kappa shape index (κ2) is 11.7. The summed E-state index contributed by atoms with van der Waals surface area (Å²) >= 11 is 0. The number of urea groups is 1. The Morgan fingerprint density at radius 1 is 0.968 bits per heavy atom. The van der Waals surface area contributed by atoms with Crippen molar-refractivity contribution in [2.24, 2.45) is 5.92 Å². The first-order valence-electron chi connectivity index (χ1n) is 9.99. The highest BCUT2D eigenvalue weighted by Gasteiger charge is 2.29. The number of hydrogen-bond acceptors (Lipinski definition) is 5. The molecule has 166 valence electrons. The van der Waals surface area contributed by atoms with Gasteiger partial charge >= 0.3 is 18.0 Å². The third kappa shape index (κ3) is 7.75. The van der Waals surface area contributed by atoms with Gasteiger partial charge in [-0.3, -0.25) is 0 Å². The molecule has 0 saturated carbocycles. The molecule has 2 rings (SSSR count). The Morgan fingerprint density at radius 2 is 1.55 bits per heavy atom. The maximum atomic E-state index is 12.9. The van der Waals surface area contributed by atoms with Gasteiger partial charge in [-0.15, -0.1) is 0 Å². The number of nitrogens with one attached hydrogen (secondary N) is 1. The molecule has 31 heavy (non-hydrogen) atoms. The molecule has 0 saturated heterocycles. The van der Waals surface area contributed by atoms with Gasteiger partial charge in [0.25, 0.3) is 0 Å². The van der Waals surface area contributed by atoms with E-state index in [2.05, 4.69) is 5.32 Å². The number of ether oxygens (including phenoxy) is 1. The number of benzene rings is 2. The van der Waals surface area contributed by atoms with Gasteiger partial charge in [-0.05, 0) is 17.0 Å². The monoisotopic (exact) mass is 428 g/mol. The molecule has 2 atom stereocenters. The first kappa shape index (κ1) is 23.9. The van der Waals surface area contributed by atoms with Crippen LogP contribution in [-0.2, 0) is 20.9 Å². The summed E-state index contributed by atoms with van der Waals surface area (Å²) < 4.78 is 5.41. The van der Waals surface area contributed by atoms with Crippen LogP contribution in [0.2, 0.25) is 0 Å². The lowest BCUT2D eigenvalue weighted by Crippen LogP contribution is -2.49. The van der Waals surface area contributed by atoms with Crippen molar-refractivity contribution < 1.29 is 29.3 Å². The van der Waals surface area contributed by atoms with Crippen molar-refractivity contribution in [2.45, 2.75) is 32.6 Å². The fourth-order valence-corrected chi connectivity index (χ4v) is 2.92. The predicted molar refractivity (Wildman–Crippen MR) is 114 cm³/mol. The third-order valence-electron chi connectivity index (χ3n) is 4.41. The fraction of sp³-hybridized carbons (Fsp3) is 0.348. The summed E-state index contributed by atoms with van der Waals surface area (Å²) in [6.07, 6.45) is -1.73. The zero-order valence-corrected chi connectivity index (χ0v) is 17.6. The number of hydrogen-bond donors (Lipinski definition) is 3. The smallest absolute Gasteiger partial charge is 0.334 e. The molecule has 0 radical (unpaired) electrons. The van der Waals surface area contributed by atoms with Crippen molar-refractivity contribution in [1.82, 2.24) is 10.2 Å². The van der Waals surface area contributed by atoms with Crippen molar-refractivity contribution in [3.8, 4) is 0 Å². The normalized spacial score (nSPS) is 12.6. The Bertz CT molecular complexity index is 857. The van der Waals surface area contributed by atoms with Crippen LogP contribution in [0.15, 0.2) is 60.7 Å². The molecule has 1 unspecified atom stereocenters. The van der Waals surface area contributed by atoms with Crippen molar-refractivity contribution in [3.05, 3.63) is 71.8 Å². The molecule has 0 spiro atoms. The number of aliphatic hydroxyl groups is 1. The molecular formula is C23H28N2O6. The van der Waals surface area contributed by atoms with E-state index in [1.54, 1.807) is 30.3 Å². The molecule has 2 aromatic rings. The summed E-state index contributed by atoms with van der Waals surface area (Å²) in [5.74, 6) is -2.05. The van der Waals surface area contributed by atoms with Gasteiger partial charge in [-0.2, -0.15) is 0 Å². The average molecular weight is 428 g/mol. The van der Waals surface area contributed by atoms with Gasteiger partial charge < -0.3 is 25.2 Å². The van der Waals surface area contributed by atoms with Gasteiger partial charge in [-0.1, -0.05) is 74.5 Å². The highest BCUT2D eigenvalue weighted by atomic mass is 16.5. The van der Waals surface area contributed by atoms with E-state index in [-0.39, 0.29) is 19.1 Å². The minimum atomic E-state index is -1.73. The number of carboxylic acid groups (broad SMARTS) is 1. The molecule has 0 aliphatic carbocycles. The van der Waals surface area contributed by atoms with E-state index in [4.69, 9.17) is 9.84 Å². The zero-order chi connectivity index (χ0) is 22.8. The minimum Gasteiger partial charge on any atom is -0.479 e. The number of rotatable bonds is 10. The van der Waals surface area contributed by atoms with Crippen molar-refractivity contribution >= 4 is 18.0 Å². The maximum absolute atomic E-state index is 12.9. The molecule has 0 fully saturated rings. The van der Waals surface area contributed by atoms with Crippen LogP contribution in [0.1, 0.15) is 31.0 Å². The van der Waals surface area contributed by atoms with Crippen molar-refractivity contribution in [3.63, 3.8) is 0 Å². The second-order valence-corrected chi connectivity index (χ2v) is 7.54. The van der Waals surface area contributed by atoms with Gasteiger partial charge in [0.2, 0.25) is 0 Å². The molecule has 0 bridgehead atoms. The lowest BCUT2D eigenvalue weighted by molar-refractivity contribution is -0.148. The van der Waals surface area contributed by atoms with E-state index in [1.807, 2.05) is 44.2 Å². The zero-order valence-electron chi connectivity index (χ0n) is 17.6. The largest absolute Gasteiger partial charge is 0.479 e. The SMILES string of the molecule is CC(C)CN(CC(O)C(=O)O)C(=O)N[C@H](C(=O)OCc1ccccc1)c1ccccc1. The Hall–Kier alpha value is -3.39. The number of nitrogens with zero attached hydrogens (tertiary/aromatic N) is 1. The number of carbonyl (C=O) groups is 3. The Balaban J connectivity index is 2.17. The molecule has 0 aliphatic rings. The van der Waals surface area contributed by atoms with E-state index in [9.17, 15) is 19.5 Å². The number of aliphatic carboxylic acids is 1. The molecule has 8 nitrogen and oxygen atoms in total. The average Bonchev–Trinajstić information content (AvgIpc) is 2.76.